The van der Waals surface area contributed by atoms with E-state index in [1.165, 1.54) is 0 Å². The van der Waals surface area contributed by atoms with Gasteiger partial charge in [-0.15, -0.1) is 0 Å². The van der Waals surface area contributed by atoms with Crippen LogP contribution in [0.15, 0.2) is 47.4 Å². The second-order valence-electron chi connectivity index (χ2n) is 11.8. The largest absolute Gasteiger partial charge is 0.444 e. The van der Waals surface area contributed by atoms with Gasteiger partial charge in [0.15, 0.2) is 0 Å². The zero-order valence-electron chi connectivity index (χ0n) is 24.7. The number of piperazine rings is 1. The van der Waals surface area contributed by atoms with Gasteiger partial charge < -0.3 is 24.8 Å². The van der Waals surface area contributed by atoms with E-state index < -0.39 is 5.60 Å². The van der Waals surface area contributed by atoms with E-state index in [4.69, 9.17) is 9.72 Å². The lowest BCUT2D eigenvalue weighted by Gasteiger charge is -2.39. The van der Waals surface area contributed by atoms with Gasteiger partial charge in [-0.25, -0.2) is 9.78 Å². The highest BCUT2D eigenvalue weighted by Crippen LogP contribution is 2.24. The lowest BCUT2D eigenvalue weighted by molar-refractivity contribution is -0.128. The first-order valence-electron chi connectivity index (χ1n) is 14.3. The highest BCUT2D eigenvalue weighted by molar-refractivity contribution is 7.99. The van der Waals surface area contributed by atoms with Crippen LogP contribution in [0.3, 0.4) is 0 Å². The molecule has 0 atom stereocenters. The van der Waals surface area contributed by atoms with Crippen molar-refractivity contribution in [3.8, 4) is 0 Å². The van der Waals surface area contributed by atoms with Crippen molar-refractivity contribution in [1.29, 1.82) is 0 Å². The van der Waals surface area contributed by atoms with Crippen LogP contribution in [0, 0.1) is 5.92 Å². The molecule has 4 heterocycles. The topological polar surface area (TPSA) is 113 Å². The molecule has 0 aliphatic carbocycles. The number of ether oxygens (including phenoxy) is 1. The number of nitrogens with one attached hydrogen (secondary N) is 1. The molecular formula is C30H39N7O4S. The zero-order valence-corrected chi connectivity index (χ0v) is 25.5. The van der Waals surface area contributed by atoms with Gasteiger partial charge in [0.2, 0.25) is 11.9 Å². The number of pyridine rings is 1. The Morgan fingerprint density at radius 2 is 1.74 bits per heavy atom. The number of fused-ring (bicyclic) bond motifs is 1. The molecule has 0 spiro atoms. The number of hydrogen-bond donors (Lipinski definition) is 1. The summed E-state index contributed by atoms with van der Waals surface area (Å²) in [4.78, 5) is 52.3. The lowest BCUT2D eigenvalue weighted by atomic mass is 9.97. The van der Waals surface area contributed by atoms with E-state index in [9.17, 15) is 14.4 Å². The molecule has 0 radical (unpaired) electrons. The molecule has 3 aromatic rings. The molecule has 1 aromatic carbocycles. The van der Waals surface area contributed by atoms with Gasteiger partial charge in [0.25, 0.3) is 5.56 Å². The fourth-order valence-electron chi connectivity index (χ4n) is 5.20. The number of likely N-dealkylation sites (tertiary alicyclic amines) is 1. The molecule has 42 heavy (non-hydrogen) atoms. The number of rotatable bonds is 8. The Hall–Kier alpha value is -3.80. The van der Waals surface area contributed by atoms with Crippen LogP contribution in [0.4, 0.5) is 22.1 Å². The fourth-order valence-corrected chi connectivity index (χ4v) is 5.63. The maximum absolute atomic E-state index is 12.8. The molecule has 2 aliphatic rings. The third kappa shape index (κ3) is 7.15. The van der Waals surface area contributed by atoms with Crippen LogP contribution >= 0.6 is 11.8 Å². The first-order chi connectivity index (χ1) is 20.1. The van der Waals surface area contributed by atoms with Crippen molar-refractivity contribution >= 4 is 52.1 Å². The molecule has 0 saturated carbocycles. The van der Waals surface area contributed by atoms with Crippen LogP contribution in [-0.4, -0.2) is 93.2 Å². The molecular weight excluding hydrogens is 554 g/mol. The zero-order chi connectivity index (χ0) is 29.9. The summed E-state index contributed by atoms with van der Waals surface area (Å²) in [6.45, 7) is 10.4. The number of thioether (sulfide) groups is 1. The molecule has 2 amide bonds. The third-order valence-corrected chi connectivity index (χ3v) is 8.02. The predicted octanol–water partition coefficient (Wildman–Crippen LogP) is 3.80. The van der Waals surface area contributed by atoms with Gasteiger partial charge in [0.05, 0.1) is 5.75 Å². The molecule has 11 nitrogen and oxygen atoms in total. The number of hydrogen-bond acceptors (Lipinski definition) is 9. The molecule has 2 aromatic heterocycles. The van der Waals surface area contributed by atoms with E-state index in [-0.39, 0.29) is 17.6 Å². The molecule has 224 valence electrons. The minimum atomic E-state index is -0.516. The van der Waals surface area contributed by atoms with E-state index in [1.807, 2.05) is 44.1 Å². The van der Waals surface area contributed by atoms with Crippen LogP contribution in [-0.2, 0) is 16.1 Å². The number of benzene rings is 1. The summed E-state index contributed by atoms with van der Waals surface area (Å²) in [5.74, 6) is 1.45. The number of amides is 2. The second kappa shape index (κ2) is 12.6. The number of aromatic nitrogens is 3. The van der Waals surface area contributed by atoms with Crippen molar-refractivity contribution in [2.24, 2.45) is 5.92 Å². The summed E-state index contributed by atoms with van der Waals surface area (Å²) in [6.07, 6.45) is 4.14. The van der Waals surface area contributed by atoms with Gasteiger partial charge in [-0.05, 0) is 69.7 Å². The second-order valence-corrected chi connectivity index (χ2v) is 12.7. The molecule has 12 heteroatoms. The standard InChI is InChI=1S/C30H39N7O4S/c1-30(2,3)41-29(40)36-18-21(19-36)11-12-37-25(38)10-5-22-17-31-28(33-27(22)37)32-23-6-8-24(9-7-23)34-13-15-35(16-14-34)26(39)20-42-4/h5-10,17,21H,11-16,18-20H2,1-4H3,(H,31,32,33). The minimum absolute atomic E-state index is 0.116. The SMILES string of the molecule is CSCC(=O)N1CCN(c2ccc(Nc3ncc4ccc(=O)n(CCC5CN(C(=O)OC(C)(C)C)C5)c4n3)cc2)CC1. The number of aryl methyl sites for hydroxylation is 1. The first-order valence-corrected chi connectivity index (χ1v) is 15.7. The molecule has 2 saturated heterocycles. The molecule has 1 N–H and O–H groups in total. The summed E-state index contributed by atoms with van der Waals surface area (Å²) in [5, 5.41) is 4.05. The van der Waals surface area contributed by atoms with Crippen molar-refractivity contribution in [2.75, 3.05) is 61.5 Å². The number of carbonyl (C=O) groups excluding carboxylic acids is 2. The van der Waals surface area contributed by atoms with Crippen molar-refractivity contribution < 1.29 is 14.3 Å². The summed E-state index contributed by atoms with van der Waals surface area (Å²) in [7, 11) is 0. The normalized spacial score (nSPS) is 16.0. The maximum Gasteiger partial charge on any atom is 0.410 e. The Morgan fingerprint density at radius 1 is 1.02 bits per heavy atom. The highest BCUT2D eigenvalue weighted by Gasteiger charge is 2.33. The first kappa shape index (κ1) is 29.7. The van der Waals surface area contributed by atoms with Crippen LogP contribution in [0.2, 0.25) is 0 Å². The van der Waals surface area contributed by atoms with Gasteiger partial charge in [0.1, 0.15) is 11.2 Å². The average molecular weight is 594 g/mol. The van der Waals surface area contributed by atoms with E-state index in [1.54, 1.807) is 39.6 Å². The predicted molar refractivity (Wildman–Crippen MR) is 167 cm³/mol. The van der Waals surface area contributed by atoms with Gasteiger partial charge >= 0.3 is 6.09 Å². The lowest BCUT2D eigenvalue weighted by Crippen LogP contribution is -2.51. The van der Waals surface area contributed by atoms with Crippen LogP contribution in [0.25, 0.3) is 11.0 Å². The van der Waals surface area contributed by atoms with Crippen molar-refractivity contribution in [3.05, 3.63) is 52.9 Å². The molecule has 0 bridgehead atoms. The fraction of sp³-hybridized carbons (Fsp3) is 0.500. The Morgan fingerprint density at radius 3 is 2.40 bits per heavy atom. The van der Waals surface area contributed by atoms with E-state index in [2.05, 4.69) is 27.3 Å². The van der Waals surface area contributed by atoms with Crippen molar-refractivity contribution in [2.45, 2.75) is 39.3 Å². The highest BCUT2D eigenvalue weighted by atomic mass is 32.2. The van der Waals surface area contributed by atoms with Crippen LogP contribution in [0.1, 0.15) is 27.2 Å². The molecule has 2 fully saturated rings. The van der Waals surface area contributed by atoms with E-state index >= 15 is 0 Å². The van der Waals surface area contributed by atoms with Gasteiger partial charge in [-0.3, -0.25) is 14.2 Å². The Bertz CT molecular complexity index is 1470. The Balaban J connectivity index is 1.19. The third-order valence-electron chi connectivity index (χ3n) is 7.48. The van der Waals surface area contributed by atoms with Crippen LogP contribution in [0.5, 0.6) is 0 Å². The van der Waals surface area contributed by atoms with E-state index in [0.717, 1.165) is 49.4 Å². The summed E-state index contributed by atoms with van der Waals surface area (Å²) in [5.41, 5.74) is 1.89. The monoisotopic (exact) mass is 593 g/mol. The number of nitrogens with zero attached hydrogens (tertiary/aromatic N) is 6. The Kier molecular flexibility index (Phi) is 8.91. The molecule has 0 unspecified atom stereocenters. The summed E-state index contributed by atoms with van der Waals surface area (Å²) < 4.78 is 7.13. The van der Waals surface area contributed by atoms with Gasteiger partial charge in [-0.1, -0.05) is 0 Å². The molecule has 2 aliphatic heterocycles. The Labute approximate surface area is 250 Å². The smallest absolute Gasteiger partial charge is 0.410 e. The van der Waals surface area contributed by atoms with Crippen LogP contribution < -0.4 is 15.8 Å². The van der Waals surface area contributed by atoms with Gasteiger partial charge in [0, 0.05) is 74.8 Å². The average Bonchev–Trinajstić information content (AvgIpc) is 2.93. The summed E-state index contributed by atoms with van der Waals surface area (Å²) in [6, 6.07) is 11.4. The quantitative estimate of drug-likeness (QED) is 0.417. The van der Waals surface area contributed by atoms with Crippen molar-refractivity contribution in [1.82, 2.24) is 24.3 Å². The number of anilines is 3. The summed E-state index contributed by atoms with van der Waals surface area (Å²) >= 11 is 1.56. The number of carbonyl (C=O) groups is 2. The molecule has 5 rings (SSSR count). The van der Waals surface area contributed by atoms with E-state index in [0.29, 0.717) is 42.9 Å². The van der Waals surface area contributed by atoms with Gasteiger partial charge in [-0.2, -0.15) is 16.7 Å². The maximum atomic E-state index is 12.8. The van der Waals surface area contributed by atoms with Crippen molar-refractivity contribution in [3.63, 3.8) is 0 Å². The minimum Gasteiger partial charge on any atom is -0.444 e.